The molecule has 0 aromatic heterocycles. The van der Waals surface area contributed by atoms with Gasteiger partial charge in [0.25, 0.3) is 0 Å². The quantitative estimate of drug-likeness (QED) is 0.540. The lowest BCUT2D eigenvalue weighted by Gasteiger charge is -2.63. The Hall–Kier alpha value is -2.44. The van der Waals surface area contributed by atoms with Crippen LogP contribution in [-0.2, 0) is 0 Å². The van der Waals surface area contributed by atoms with Crippen molar-refractivity contribution in [2.75, 3.05) is 38.1 Å². The predicted molar refractivity (Wildman–Crippen MR) is 136 cm³/mol. The van der Waals surface area contributed by atoms with E-state index in [0.717, 1.165) is 13.1 Å². The fraction of sp³-hybridized carbons (Fsp3) is 0.519. The maximum Gasteiger partial charge on any atom is 0.137 e. The van der Waals surface area contributed by atoms with Crippen LogP contribution < -0.4 is 15.0 Å². The van der Waals surface area contributed by atoms with Crippen molar-refractivity contribution in [2.45, 2.75) is 46.1 Å². The molecule has 2 aromatic rings. The summed E-state index contributed by atoms with van der Waals surface area (Å²) >= 11 is 6.15. The molecule has 1 unspecified atom stereocenters. The van der Waals surface area contributed by atoms with Gasteiger partial charge in [-0.15, -0.1) is 0 Å². The van der Waals surface area contributed by atoms with Crippen LogP contribution in [0.3, 0.4) is 0 Å². The maximum absolute atomic E-state index is 15.1. The second kappa shape index (κ2) is 9.79. The van der Waals surface area contributed by atoms with Crippen molar-refractivity contribution >= 4 is 17.3 Å². The van der Waals surface area contributed by atoms with Gasteiger partial charge in [-0.3, -0.25) is 5.32 Å². The molecule has 0 radical (unpaired) electrons. The largest absolute Gasteiger partial charge is 0.489 e. The van der Waals surface area contributed by atoms with Crippen molar-refractivity contribution in [3.8, 4) is 11.8 Å². The highest BCUT2D eigenvalue weighted by atomic mass is 35.5. The van der Waals surface area contributed by atoms with E-state index in [1.54, 1.807) is 18.2 Å². The number of halogens is 3. The van der Waals surface area contributed by atoms with Gasteiger partial charge in [0.05, 0.1) is 16.1 Å². The minimum Gasteiger partial charge on any atom is -0.489 e. The standard InChI is InChI=1S/C27H33ClF2N4O2/c1-26(2)24(27(3,4)25(26)36-18-7-6-16(15-31)19(28)14-18)32-23(35)22-20(29)12-17(13-21(22)30)34-10-8-33(5)9-11-34/h6-7,12-14,23-25,32,35H,8-11H2,1-5H3/t23?,24-,25-. The van der Waals surface area contributed by atoms with Crippen LogP contribution in [0.15, 0.2) is 30.3 Å². The van der Waals surface area contributed by atoms with Crippen LogP contribution in [-0.4, -0.2) is 55.4 Å². The van der Waals surface area contributed by atoms with Gasteiger partial charge < -0.3 is 19.6 Å². The van der Waals surface area contributed by atoms with Gasteiger partial charge in [0, 0.05) is 54.8 Å². The van der Waals surface area contributed by atoms with Crippen LogP contribution in [0.4, 0.5) is 14.5 Å². The molecule has 9 heteroatoms. The van der Waals surface area contributed by atoms with Crippen molar-refractivity contribution in [1.82, 2.24) is 10.2 Å². The average molecular weight is 519 g/mol. The van der Waals surface area contributed by atoms with Gasteiger partial charge >= 0.3 is 0 Å². The number of aliphatic hydroxyl groups excluding tert-OH is 1. The Balaban J connectivity index is 1.49. The van der Waals surface area contributed by atoms with Gasteiger partial charge in [-0.05, 0) is 31.3 Å². The Morgan fingerprint density at radius 2 is 1.67 bits per heavy atom. The number of likely N-dealkylation sites (N-methyl/N-ethyl adjacent to an activating group) is 1. The van der Waals surface area contributed by atoms with Gasteiger partial charge in [-0.2, -0.15) is 5.26 Å². The van der Waals surface area contributed by atoms with Crippen molar-refractivity contribution in [3.63, 3.8) is 0 Å². The summed E-state index contributed by atoms with van der Waals surface area (Å²) in [7, 11) is 2.02. The molecule has 194 valence electrons. The van der Waals surface area contributed by atoms with Gasteiger partial charge in [0.2, 0.25) is 0 Å². The van der Waals surface area contributed by atoms with E-state index >= 15 is 8.78 Å². The normalized spacial score (nSPS) is 24.1. The smallest absolute Gasteiger partial charge is 0.137 e. The lowest BCUT2D eigenvalue weighted by Crippen LogP contribution is -2.74. The molecule has 0 spiro atoms. The van der Waals surface area contributed by atoms with Gasteiger partial charge in [0.1, 0.15) is 35.8 Å². The van der Waals surface area contributed by atoms with E-state index < -0.39 is 28.7 Å². The first-order valence-corrected chi connectivity index (χ1v) is 12.5. The van der Waals surface area contributed by atoms with Crippen LogP contribution in [0, 0.1) is 33.8 Å². The lowest BCUT2D eigenvalue weighted by atomic mass is 9.49. The monoisotopic (exact) mass is 518 g/mol. The summed E-state index contributed by atoms with van der Waals surface area (Å²) < 4.78 is 36.4. The third-order valence-electron chi connectivity index (χ3n) is 7.68. The third-order valence-corrected chi connectivity index (χ3v) is 8.00. The molecule has 2 N–H and O–H groups in total. The molecule has 2 fully saturated rings. The zero-order chi connectivity index (χ0) is 26.4. The third kappa shape index (κ3) is 4.78. The zero-order valence-corrected chi connectivity index (χ0v) is 22.0. The summed E-state index contributed by atoms with van der Waals surface area (Å²) in [5.74, 6) is -1.03. The first kappa shape index (κ1) is 26.6. The minimum atomic E-state index is -1.53. The Morgan fingerprint density at radius 3 is 2.19 bits per heavy atom. The number of nitrogens with zero attached hydrogens (tertiary/aromatic N) is 3. The zero-order valence-electron chi connectivity index (χ0n) is 21.3. The topological polar surface area (TPSA) is 71.8 Å². The number of hydrogen-bond acceptors (Lipinski definition) is 6. The fourth-order valence-electron chi connectivity index (χ4n) is 5.97. The number of nitrogens with one attached hydrogen (secondary N) is 1. The first-order valence-electron chi connectivity index (χ1n) is 12.1. The van der Waals surface area contributed by atoms with Crippen molar-refractivity contribution in [1.29, 1.82) is 5.26 Å². The minimum absolute atomic E-state index is 0.284. The van der Waals surface area contributed by atoms with E-state index in [-0.39, 0.29) is 17.7 Å². The molecule has 1 saturated heterocycles. The van der Waals surface area contributed by atoms with Crippen LogP contribution >= 0.6 is 11.6 Å². The number of hydrogen-bond donors (Lipinski definition) is 2. The number of nitriles is 1. The molecule has 1 aliphatic carbocycles. The Labute approximate surface area is 216 Å². The molecule has 4 rings (SSSR count). The molecule has 1 aliphatic heterocycles. The van der Waals surface area contributed by atoms with Crippen LogP contribution in [0.25, 0.3) is 0 Å². The SMILES string of the molecule is CN1CCN(c2cc(F)c(C(O)N[C@H]3C(C)(C)[C@H](Oc4ccc(C#N)c(Cl)c4)C3(C)C)c(F)c2)CC1. The van der Waals surface area contributed by atoms with E-state index in [1.165, 1.54) is 12.1 Å². The molecular formula is C27H33ClF2N4O2. The molecule has 0 bridgehead atoms. The molecule has 1 saturated carbocycles. The second-order valence-electron chi connectivity index (χ2n) is 11.0. The molecule has 1 heterocycles. The molecule has 6 nitrogen and oxygen atoms in total. The van der Waals surface area contributed by atoms with E-state index in [1.807, 2.05) is 45.7 Å². The van der Waals surface area contributed by atoms with Crippen molar-refractivity contribution in [2.24, 2.45) is 10.8 Å². The molecule has 1 atom stereocenters. The highest BCUT2D eigenvalue weighted by Crippen LogP contribution is 2.56. The maximum atomic E-state index is 15.1. The Kier molecular flexibility index (Phi) is 7.24. The number of anilines is 1. The van der Waals surface area contributed by atoms with Gasteiger partial charge in [-0.1, -0.05) is 39.3 Å². The Bertz CT molecular complexity index is 1140. The van der Waals surface area contributed by atoms with E-state index in [0.29, 0.717) is 35.1 Å². The second-order valence-corrected chi connectivity index (χ2v) is 11.4. The summed E-state index contributed by atoms with van der Waals surface area (Å²) in [6, 6.07) is 9.21. The van der Waals surface area contributed by atoms with Crippen LogP contribution in [0.5, 0.6) is 5.75 Å². The summed E-state index contributed by atoms with van der Waals surface area (Å²) in [4.78, 5) is 4.12. The highest BCUT2D eigenvalue weighted by molar-refractivity contribution is 6.31. The van der Waals surface area contributed by atoms with E-state index in [4.69, 9.17) is 21.6 Å². The fourth-order valence-corrected chi connectivity index (χ4v) is 6.19. The van der Waals surface area contributed by atoms with Crippen LogP contribution in [0.1, 0.15) is 45.0 Å². The molecule has 2 aromatic carbocycles. The molecule has 36 heavy (non-hydrogen) atoms. The average Bonchev–Trinajstić information content (AvgIpc) is 2.80. The van der Waals surface area contributed by atoms with E-state index in [9.17, 15) is 5.11 Å². The first-order chi connectivity index (χ1) is 16.9. The summed E-state index contributed by atoms with van der Waals surface area (Å²) in [5, 5.41) is 23.3. The number of rotatable bonds is 6. The summed E-state index contributed by atoms with van der Waals surface area (Å²) in [6.07, 6.45) is -1.81. The van der Waals surface area contributed by atoms with Crippen molar-refractivity contribution < 1.29 is 18.6 Å². The predicted octanol–water partition coefficient (Wildman–Crippen LogP) is 4.70. The molecular weight excluding hydrogens is 486 g/mol. The van der Waals surface area contributed by atoms with E-state index in [2.05, 4.69) is 10.2 Å². The van der Waals surface area contributed by atoms with Gasteiger partial charge in [-0.25, -0.2) is 8.78 Å². The number of aliphatic hydroxyl groups is 1. The highest BCUT2D eigenvalue weighted by Gasteiger charge is 2.64. The number of benzene rings is 2. The molecule has 2 aliphatic rings. The van der Waals surface area contributed by atoms with Crippen LogP contribution in [0.2, 0.25) is 5.02 Å². The summed E-state index contributed by atoms with van der Waals surface area (Å²) in [6.45, 7) is 10.9. The molecule has 0 amide bonds. The number of ether oxygens (including phenoxy) is 1. The lowest BCUT2D eigenvalue weighted by molar-refractivity contribution is -0.180. The number of piperazine rings is 1. The van der Waals surface area contributed by atoms with Gasteiger partial charge in [0.15, 0.2) is 0 Å². The Morgan fingerprint density at radius 1 is 1.08 bits per heavy atom. The van der Waals surface area contributed by atoms with Crippen molar-refractivity contribution in [3.05, 3.63) is 58.1 Å². The summed E-state index contributed by atoms with van der Waals surface area (Å²) in [5.41, 5.74) is -0.521.